The number of carbonyl (C=O) groups excluding carboxylic acids is 2. The van der Waals surface area contributed by atoms with E-state index in [9.17, 15) is 9.59 Å². The molecule has 1 saturated heterocycles. The highest BCUT2D eigenvalue weighted by atomic mass is 16.5. The number of piperidine rings is 1. The maximum Gasteiger partial charge on any atom is 0.317 e. The van der Waals surface area contributed by atoms with E-state index in [0.29, 0.717) is 18.7 Å². The Kier molecular flexibility index (Phi) is 7.33. The largest absolute Gasteiger partial charge is 0.497 e. The number of methoxy groups -OCH3 is 1. The van der Waals surface area contributed by atoms with Crippen LogP contribution < -0.4 is 15.4 Å². The van der Waals surface area contributed by atoms with Gasteiger partial charge in [0.1, 0.15) is 5.75 Å². The zero-order valence-corrected chi connectivity index (χ0v) is 18.0. The number of ether oxygens (including phenoxy) is 1. The molecule has 3 rings (SSSR count). The van der Waals surface area contributed by atoms with E-state index in [2.05, 4.69) is 16.7 Å². The van der Waals surface area contributed by atoms with Crippen molar-refractivity contribution in [3.8, 4) is 5.75 Å². The van der Waals surface area contributed by atoms with Crippen LogP contribution >= 0.6 is 0 Å². The van der Waals surface area contributed by atoms with Gasteiger partial charge in [-0.1, -0.05) is 24.3 Å². The fourth-order valence-electron chi connectivity index (χ4n) is 3.89. The second-order valence-corrected chi connectivity index (χ2v) is 7.71. The van der Waals surface area contributed by atoms with E-state index in [1.165, 1.54) is 0 Å². The van der Waals surface area contributed by atoms with Gasteiger partial charge in [0.2, 0.25) is 0 Å². The summed E-state index contributed by atoms with van der Waals surface area (Å²) >= 11 is 0. The van der Waals surface area contributed by atoms with Crippen molar-refractivity contribution < 1.29 is 14.3 Å². The lowest BCUT2D eigenvalue weighted by atomic mass is 9.89. The van der Waals surface area contributed by atoms with Gasteiger partial charge in [-0.3, -0.25) is 4.79 Å². The monoisotopic (exact) mass is 409 g/mol. The molecular formula is C24H31N3O3. The Hall–Kier alpha value is -3.02. The second-order valence-electron chi connectivity index (χ2n) is 7.71. The molecule has 6 nitrogen and oxygen atoms in total. The highest BCUT2D eigenvalue weighted by Gasteiger charge is 2.25. The molecular weight excluding hydrogens is 378 g/mol. The Morgan fingerprint density at radius 1 is 1.20 bits per heavy atom. The molecule has 2 atom stereocenters. The van der Waals surface area contributed by atoms with Crippen molar-refractivity contribution in [1.29, 1.82) is 0 Å². The van der Waals surface area contributed by atoms with Crippen molar-refractivity contribution in [1.82, 2.24) is 15.5 Å². The highest BCUT2D eigenvalue weighted by molar-refractivity contribution is 5.94. The van der Waals surface area contributed by atoms with Crippen molar-refractivity contribution in [3.63, 3.8) is 0 Å². The van der Waals surface area contributed by atoms with Crippen LogP contribution in [0.25, 0.3) is 0 Å². The lowest BCUT2D eigenvalue weighted by molar-refractivity contribution is 0.0939. The molecule has 0 radical (unpaired) electrons. The molecule has 0 aromatic heterocycles. The Labute approximate surface area is 178 Å². The third kappa shape index (κ3) is 5.32. The van der Waals surface area contributed by atoms with Crippen molar-refractivity contribution in [2.75, 3.05) is 26.7 Å². The summed E-state index contributed by atoms with van der Waals surface area (Å²) in [5.41, 5.74) is 2.77. The molecule has 3 amide bonds. The number of nitrogens with zero attached hydrogens (tertiary/aromatic N) is 1. The molecule has 30 heavy (non-hydrogen) atoms. The zero-order chi connectivity index (χ0) is 21.5. The second kappa shape index (κ2) is 10.1. The summed E-state index contributed by atoms with van der Waals surface area (Å²) in [6.45, 7) is 5.98. The van der Waals surface area contributed by atoms with Gasteiger partial charge in [0.15, 0.2) is 0 Å². The van der Waals surface area contributed by atoms with Crippen molar-refractivity contribution >= 4 is 11.9 Å². The molecule has 1 aliphatic heterocycles. The summed E-state index contributed by atoms with van der Waals surface area (Å²) in [6.07, 6.45) is 1.98. The summed E-state index contributed by atoms with van der Waals surface area (Å²) in [5, 5.41) is 5.95. The molecule has 6 heteroatoms. The predicted octanol–water partition coefficient (Wildman–Crippen LogP) is 4.10. The van der Waals surface area contributed by atoms with Crippen LogP contribution in [0.4, 0.5) is 4.79 Å². The summed E-state index contributed by atoms with van der Waals surface area (Å²) in [5.74, 6) is 0.934. The molecule has 1 heterocycles. The molecule has 0 spiro atoms. The van der Waals surface area contributed by atoms with Crippen molar-refractivity contribution in [2.24, 2.45) is 0 Å². The first kappa shape index (κ1) is 21.7. The topological polar surface area (TPSA) is 70.7 Å². The van der Waals surface area contributed by atoms with Gasteiger partial charge < -0.3 is 20.3 Å². The van der Waals surface area contributed by atoms with E-state index >= 15 is 0 Å². The minimum absolute atomic E-state index is 0.00980. The van der Waals surface area contributed by atoms with Crippen LogP contribution in [0, 0.1) is 0 Å². The lowest BCUT2D eigenvalue weighted by Crippen LogP contribution is -2.44. The first-order valence-electron chi connectivity index (χ1n) is 10.6. The van der Waals surface area contributed by atoms with Crippen molar-refractivity contribution in [2.45, 2.75) is 38.6 Å². The smallest absolute Gasteiger partial charge is 0.317 e. The molecule has 0 saturated carbocycles. The summed E-state index contributed by atoms with van der Waals surface area (Å²) in [4.78, 5) is 26.9. The fraction of sp³-hybridized carbons (Fsp3) is 0.417. The van der Waals surface area contributed by atoms with Crippen LogP contribution in [0.5, 0.6) is 5.75 Å². The number of rotatable bonds is 6. The van der Waals surface area contributed by atoms with Crippen LogP contribution in [-0.2, 0) is 0 Å². The normalized spacial score (nSPS) is 17.2. The molecule has 0 bridgehead atoms. The van der Waals surface area contributed by atoms with Crippen LogP contribution in [0.3, 0.4) is 0 Å². The first-order valence-corrected chi connectivity index (χ1v) is 10.6. The number of urea groups is 1. The van der Waals surface area contributed by atoms with Gasteiger partial charge in [0, 0.05) is 31.1 Å². The number of likely N-dealkylation sites (tertiary alicyclic amines) is 1. The van der Waals surface area contributed by atoms with Gasteiger partial charge in [-0.05, 0) is 62.1 Å². The highest BCUT2D eigenvalue weighted by Crippen LogP contribution is 2.28. The number of benzene rings is 2. The molecule has 2 aromatic carbocycles. The SMILES string of the molecule is CCNC(=O)N1CCC[C@@H](c2cccc(C(=O)N[C@H](C)c3ccc(OC)cc3)c2)C1. The average Bonchev–Trinajstić information content (AvgIpc) is 2.79. The molecule has 1 fully saturated rings. The number of carbonyl (C=O) groups is 2. The third-order valence-corrected chi connectivity index (χ3v) is 5.62. The van der Waals surface area contributed by atoms with E-state index in [1.54, 1.807) is 7.11 Å². The third-order valence-electron chi connectivity index (χ3n) is 5.62. The minimum Gasteiger partial charge on any atom is -0.497 e. The van der Waals surface area contributed by atoms with E-state index in [0.717, 1.165) is 36.3 Å². The fourth-order valence-corrected chi connectivity index (χ4v) is 3.89. The Morgan fingerprint density at radius 2 is 1.97 bits per heavy atom. The Balaban J connectivity index is 1.66. The molecule has 1 aliphatic rings. The van der Waals surface area contributed by atoms with Gasteiger partial charge in [-0.15, -0.1) is 0 Å². The zero-order valence-electron chi connectivity index (χ0n) is 18.0. The van der Waals surface area contributed by atoms with Crippen molar-refractivity contribution in [3.05, 3.63) is 65.2 Å². The average molecular weight is 410 g/mol. The lowest BCUT2D eigenvalue weighted by Gasteiger charge is -2.33. The number of nitrogens with one attached hydrogen (secondary N) is 2. The van der Waals surface area contributed by atoms with Crippen LogP contribution in [-0.4, -0.2) is 43.6 Å². The van der Waals surface area contributed by atoms with Crippen LogP contribution in [0.1, 0.15) is 60.1 Å². The van der Waals surface area contributed by atoms with Crippen LogP contribution in [0.2, 0.25) is 0 Å². The standard InChI is InChI=1S/C24H31N3O3/c1-4-25-24(29)27-14-6-9-21(16-27)19-7-5-8-20(15-19)23(28)26-17(2)18-10-12-22(30-3)13-11-18/h5,7-8,10-13,15,17,21H,4,6,9,14,16H2,1-3H3,(H,25,29)(H,26,28)/t17-,21-/m1/s1. The summed E-state index contributed by atoms with van der Waals surface area (Å²) < 4.78 is 5.19. The van der Waals surface area contributed by atoms with E-state index in [1.807, 2.05) is 61.2 Å². The maximum atomic E-state index is 12.8. The quantitative estimate of drug-likeness (QED) is 0.755. The number of amides is 3. The predicted molar refractivity (Wildman–Crippen MR) is 118 cm³/mol. The first-order chi connectivity index (χ1) is 14.5. The van der Waals surface area contributed by atoms with E-state index < -0.39 is 0 Å². The van der Waals surface area contributed by atoms with Gasteiger partial charge in [0.25, 0.3) is 5.91 Å². The maximum absolute atomic E-state index is 12.8. The molecule has 0 unspecified atom stereocenters. The van der Waals surface area contributed by atoms with Gasteiger partial charge in [0.05, 0.1) is 13.2 Å². The summed E-state index contributed by atoms with van der Waals surface area (Å²) in [7, 11) is 1.63. The van der Waals surface area contributed by atoms with E-state index in [-0.39, 0.29) is 23.9 Å². The summed E-state index contributed by atoms with van der Waals surface area (Å²) in [6, 6.07) is 15.3. The Morgan fingerprint density at radius 3 is 2.67 bits per heavy atom. The molecule has 160 valence electrons. The minimum atomic E-state index is -0.116. The molecule has 0 aliphatic carbocycles. The van der Waals surface area contributed by atoms with Gasteiger partial charge in [-0.2, -0.15) is 0 Å². The van der Waals surface area contributed by atoms with Crippen LogP contribution in [0.15, 0.2) is 48.5 Å². The van der Waals surface area contributed by atoms with E-state index in [4.69, 9.17) is 4.74 Å². The van der Waals surface area contributed by atoms with Gasteiger partial charge >= 0.3 is 6.03 Å². The Bertz CT molecular complexity index is 866. The molecule has 2 N–H and O–H groups in total. The number of hydrogen-bond acceptors (Lipinski definition) is 3. The number of hydrogen-bond donors (Lipinski definition) is 2. The molecule has 2 aromatic rings. The van der Waals surface area contributed by atoms with Gasteiger partial charge in [-0.25, -0.2) is 4.79 Å².